The number of anilines is 1. The van der Waals surface area contributed by atoms with Gasteiger partial charge < -0.3 is 45.8 Å². The van der Waals surface area contributed by atoms with E-state index in [-0.39, 0.29) is 56.1 Å². The quantitative estimate of drug-likeness (QED) is 0.260. The lowest BCUT2D eigenvalue weighted by molar-refractivity contribution is -0.163. The number of rotatable bonds is 6. The maximum Gasteiger partial charge on any atom is 0.329 e. The molecular formula is C40H50F2N8O9. The normalized spacial score (nSPS) is 28.5. The van der Waals surface area contributed by atoms with E-state index in [0.717, 1.165) is 17.0 Å². The molecule has 0 bridgehead atoms. The van der Waals surface area contributed by atoms with Crippen molar-refractivity contribution in [2.45, 2.75) is 115 Å². The van der Waals surface area contributed by atoms with Crippen molar-refractivity contribution >= 4 is 47.2 Å². The minimum Gasteiger partial charge on any atom is -0.458 e. The minimum atomic E-state index is -1.75. The first-order valence-electron chi connectivity index (χ1n) is 19.8. The largest absolute Gasteiger partial charge is 0.458 e. The Bertz CT molecular complexity index is 1950. The molecule has 17 nitrogen and oxygen atoms in total. The number of pyridine rings is 1. The smallest absolute Gasteiger partial charge is 0.329 e. The fourth-order valence-electron chi connectivity index (χ4n) is 8.27. The number of aliphatic hydroxyl groups is 1. The first-order valence-corrected chi connectivity index (χ1v) is 19.8. The number of cyclic esters (lactones) is 1. The van der Waals surface area contributed by atoms with Gasteiger partial charge in [0.15, 0.2) is 0 Å². The second kappa shape index (κ2) is 18.0. The number of aryl methyl sites for hydroxylation is 1. The number of aliphatic hydroxyl groups excluding tert-OH is 1. The Morgan fingerprint density at radius 2 is 1.63 bits per heavy atom. The number of ether oxygens (including phenoxy) is 1. The molecule has 1 aromatic carbocycles. The summed E-state index contributed by atoms with van der Waals surface area (Å²) >= 11 is 0. The van der Waals surface area contributed by atoms with Crippen LogP contribution < -0.4 is 21.3 Å². The molecule has 5 N–H and O–H groups in total. The molecule has 1 aromatic heterocycles. The molecule has 4 fully saturated rings. The van der Waals surface area contributed by atoms with Gasteiger partial charge in [0, 0.05) is 44.2 Å². The van der Waals surface area contributed by atoms with E-state index < -0.39 is 108 Å². The molecule has 0 aliphatic carbocycles. The molecule has 0 unspecified atom stereocenters. The first-order chi connectivity index (χ1) is 28.0. The van der Waals surface area contributed by atoms with Gasteiger partial charge in [-0.15, -0.1) is 0 Å². The Kier molecular flexibility index (Phi) is 13.1. The average molecular weight is 825 g/mol. The lowest BCUT2D eigenvalue weighted by Crippen LogP contribution is -2.63. The molecule has 9 atom stereocenters. The van der Waals surface area contributed by atoms with Crippen LogP contribution in [0.15, 0.2) is 36.5 Å². The number of hydrogen-bond acceptors (Lipinski definition) is 10. The van der Waals surface area contributed by atoms with E-state index >= 15 is 0 Å². The summed E-state index contributed by atoms with van der Waals surface area (Å²) in [6.07, 6.45) is -0.271. The molecule has 0 spiro atoms. The fourth-order valence-corrected chi connectivity index (χ4v) is 8.27. The average Bonchev–Trinajstić information content (AvgIpc) is 3.78. The predicted molar refractivity (Wildman–Crippen MR) is 205 cm³/mol. The van der Waals surface area contributed by atoms with Crippen LogP contribution in [0.3, 0.4) is 0 Å². The van der Waals surface area contributed by atoms with Crippen LogP contribution in [-0.2, 0) is 39.9 Å². The van der Waals surface area contributed by atoms with Gasteiger partial charge in [-0.2, -0.15) is 0 Å². The second-order valence-corrected chi connectivity index (χ2v) is 16.0. The zero-order chi connectivity index (χ0) is 42.7. The number of hydrogen-bond donors (Lipinski definition) is 5. The summed E-state index contributed by atoms with van der Waals surface area (Å²) in [6, 6.07) is -2.91. The van der Waals surface area contributed by atoms with E-state index in [9.17, 15) is 47.4 Å². The number of fused-ring (bicyclic) bond motifs is 3. The summed E-state index contributed by atoms with van der Waals surface area (Å²) in [4.78, 5) is 106. The molecule has 2 aromatic rings. The Morgan fingerprint density at radius 3 is 2.32 bits per heavy atom. The summed E-state index contributed by atoms with van der Waals surface area (Å²) in [5, 5.41) is 21.2. The number of carbonyl (C=O) groups is 7. The highest BCUT2D eigenvalue weighted by atomic mass is 19.1. The monoisotopic (exact) mass is 824 g/mol. The summed E-state index contributed by atoms with van der Waals surface area (Å²) in [5.74, 6) is -6.63. The number of esters is 1. The summed E-state index contributed by atoms with van der Waals surface area (Å²) in [6.45, 7) is 6.40. The van der Waals surface area contributed by atoms with E-state index in [0.29, 0.717) is 24.6 Å². The number of urea groups is 1. The number of nitrogens with zero attached hydrogens (tertiary/aromatic N) is 4. The number of carbonyl (C=O) groups excluding carboxylic acids is 7. The predicted octanol–water partition coefficient (Wildman–Crippen LogP) is 0.916. The first kappa shape index (κ1) is 42.9. The van der Waals surface area contributed by atoms with Gasteiger partial charge in [0.1, 0.15) is 54.0 Å². The molecule has 4 aliphatic rings. The van der Waals surface area contributed by atoms with E-state index in [1.165, 1.54) is 29.8 Å². The van der Waals surface area contributed by atoms with Crippen molar-refractivity contribution in [1.82, 2.24) is 35.6 Å². The van der Waals surface area contributed by atoms with Crippen LogP contribution in [0.4, 0.5) is 19.3 Å². The van der Waals surface area contributed by atoms with Crippen LogP contribution in [0.2, 0.25) is 0 Å². The topological polar surface area (TPSA) is 220 Å². The Balaban J connectivity index is 1.35. The van der Waals surface area contributed by atoms with Crippen LogP contribution >= 0.6 is 0 Å². The van der Waals surface area contributed by atoms with E-state index in [1.54, 1.807) is 19.1 Å². The Labute approximate surface area is 339 Å². The van der Waals surface area contributed by atoms with Crippen LogP contribution in [0.1, 0.15) is 64.1 Å². The number of aromatic nitrogens is 1. The maximum absolute atomic E-state index is 14.7. The van der Waals surface area contributed by atoms with Gasteiger partial charge in [-0.1, -0.05) is 6.92 Å². The van der Waals surface area contributed by atoms with E-state index in [2.05, 4.69) is 26.3 Å². The van der Waals surface area contributed by atoms with Crippen molar-refractivity contribution in [3.05, 3.63) is 59.4 Å². The van der Waals surface area contributed by atoms with Crippen molar-refractivity contribution < 1.29 is 52.2 Å². The molecule has 0 radical (unpaired) electrons. The van der Waals surface area contributed by atoms with Crippen LogP contribution in [0.25, 0.3) is 0 Å². The molecule has 59 heavy (non-hydrogen) atoms. The van der Waals surface area contributed by atoms with Gasteiger partial charge in [0.2, 0.25) is 29.5 Å². The van der Waals surface area contributed by atoms with E-state index in [4.69, 9.17) is 4.74 Å². The highest BCUT2D eigenvalue weighted by Gasteiger charge is 2.49. The third-order valence-corrected chi connectivity index (χ3v) is 11.2. The van der Waals surface area contributed by atoms with Crippen molar-refractivity contribution in [2.75, 3.05) is 25.0 Å². The summed E-state index contributed by atoms with van der Waals surface area (Å²) in [5.41, 5.74) is 0.908. The van der Waals surface area contributed by atoms with Gasteiger partial charge in [0.25, 0.3) is 0 Å². The fraction of sp³-hybridized carbons (Fsp3) is 0.550. The van der Waals surface area contributed by atoms with E-state index in [1.807, 2.05) is 6.92 Å². The number of halogens is 2. The van der Waals surface area contributed by atoms with Crippen LogP contribution in [-0.4, -0.2) is 134 Å². The summed E-state index contributed by atoms with van der Waals surface area (Å²) in [7, 11) is 0. The molecule has 5 heterocycles. The summed E-state index contributed by atoms with van der Waals surface area (Å²) < 4.78 is 34.5. The van der Waals surface area contributed by atoms with Gasteiger partial charge in [-0.05, 0) is 82.2 Å². The molecule has 4 aliphatic heterocycles. The number of benzene rings is 1. The molecule has 4 saturated heterocycles. The van der Waals surface area contributed by atoms with Crippen molar-refractivity contribution in [1.29, 1.82) is 0 Å². The highest BCUT2D eigenvalue weighted by Crippen LogP contribution is 2.29. The molecule has 318 valence electrons. The molecule has 19 heteroatoms. The molecule has 0 saturated carbocycles. The number of amides is 7. The SMILES string of the molecule is Cc1ccc(NC(=O)N[C@@H](Cc2cc(F)cc(F)c2)C(=O)N[C@@H]2C(=O)N3C[C@H](O)C[C@H]3C(=O)N3CCCC[C@H]3C(=O)N[C@@H](C)C(=O)N3C[C@H](C)C[C@H]3C(=O)O[C@H]2C)cn1. The van der Waals surface area contributed by atoms with Crippen molar-refractivity contribution in [3.63, 3.8) is 0 Å². The zero-order valence-electron chi connectivity index (χ0n) is 33.3. The minimum absolute atomic E-state index is 0.0217. The second-order valence-electron chi connectivity index (χ2n) is 16.0. The molecule has 7 amide bonds. The molecule has 6 rings (SSSR count). The third-order valence-electron chi connectivity index (χ3n) is 11.2. The van der Waals surface area contributed by atoms with Crippen LogP contribution in [0.5, 0.6) is 0 Å². The number of piperidine rings is 1. The lowest BCUT2D eigenvalue weighted by atomic mass is 9.98. The zero-order valence-corrected chi connectivity index (χ0v) is 33.3. The van der Waals surface area contributed by atoms with Crippen LogP contribution in [0, 0.1) is 24.5 Å². The molecular weight excluding hydrogens is 774 g/mol. The van der Waals surface area contributed by atoms with Gasteiger partial charge in [0.05, 0.1) is 18.0 Å². The number of nitrogens with one attached hydrogen (secondary N) is 4. The Hall–Kier alpha value is -5.72. The van der Waals surface area contributed by atoms with Crippen molar-refractivity contribution in [3.8, 4) is 0 Å². The van der Waals surface area contributed by atoms with Crippen molar-refractivity contribution in [2.24, 2.45) is 5.92 Å². The Morgan fingerprint density at radius 1 is 0.915 bits per heavy atom. The highest BCUT2D eigenvalue weighted by molar-refractivity contribution is 5.99. The third kappa shape index (κ3) is 9.95. The lowest BCUT2D eigenvalue weighted by Gasteiger charge is -2.39. The van der Waals surface area contributed by atoms with Gasteiger partial charge >= 0.3 is 12.0 Å². The van der Waals surface area contributed by atoms with Gasteiger partial charge in [-0.25, -0.2) is 18.4 Å². The van der Waals surface area contributed by atoms with Gasteiger partial charge in [-0.3, -0.25) is 29.0 Å². The standard InChI is InChI=1S/C40H50F2N8O9/c1-20-11-32-39(57)59-23(4)33(47-34(52)29(14-24-12-25(41)15-26(42)13-24)46-40(58)45-27-9-8-21(2)43-17-27)38(56)50-19-28(51)16-31(50)37(55)48-10-6-5-7-30(48)35(53)44-22(3)36(54)49(32)18-20/h8-9,12-13,15,17,20,22-23,28-33,51H,5-7,10-11,14,16,18-19H2,1-4H3,(H,44,53)(H,47,52)(H2,45,46,58)/t20-,22+,23+,28-,29+,30+,31+,32+,33+/m1/s1. The maximum atomic E-state index is 14.7.